The van der Waals surface area contributed by atoms with Crippen molar-refractivity contribution in [1.29, 1.82) is 0 Å². The first kappa shape index (κ1) is 21.9. The minimum Gasteiger partial charge on any atom is -0.350 e. The number of carbonyl (C=O) groups excluding carboxylic acids is 2. The molecule has 0 radical (unpaired) electrons. The molecule has 1 aliphatic rings. The van der Waals surface area contributed by atoms with Gasteiger partial charge in [-0.2, -0.15) is 0 Å². The van der Waals surface area contributed by atoms with Gasteiger partial charge in [-0.25, -0.2) is 4.68 Å². The van der Waals surface area contributed by atoms with Crippen LogP contribution in [0.4, 0.5) is 0 Å². The zero-order valence-electron chi connectivity index (χ0n) is 17.2. The van der Waals surface area contributed by atoms with E-state index in [9.17, 15) is 9.59 Å². The quantitative estimate of drug-likeness (QED) is 0.668. The van der Waals surface area contributed by atoms with Crippen LogP contribution in [-0.2, 0) is 16.1 Å². The predicted molar refractivity (Wildman–Crippen MR) is 113 cm³/mol. The third kappa shape index (κ3) is 5.22. The van der Waals surface area contributed by atoms with Crippen molar-refractivity contribution in [2.24, 2.45) is 11.1 Å². The number of nitrogens with two attached hydrogens (primary N) is 1. The van der Waals surface area contributed by atoms with Crippen molar-refractivity contribution in [3.8, 4) is 5.69 Å². The highest BCUT2D eigenvalue weighted by Gasteiger charge is 2.34. The molecule has 2 amide bonds. The molecule has 1 unspecified atom stereocenters. The number of hydrogen-bond donors (Lipinski definition) is 2. The lowest BCUT2D eigenvalue weighted by atomic mass is 9.88. The van der Waals surface area contributed by atoms with Crippen molar-refractivity contribution in [1.82, 2.24) is 30.4 Å². The summed E-state index contributed by atoms with van der Waals surface area (Å²) in [4.78, 5) is 27.2. The monoisotopic (exact) mass is 431 g/mol. The maximum atomic E-state index is 12.8. The zero-order chi connectivity index (χ0) is 21.9. The summed E-state index contributed by atoms with van der Waals surface area (Å²) in [5, 5.41) is 14.6. The fourth-order valence-electron chi connectivity index (χ4n) is 3.41. The molecule has 160 valence electrons. The minimum atomic E-state index is -0.695. The van der Waals surface area contributed by atoms with Crippen LogP contribution in [0.15, 0.2) is 36.7 Å². The largest absolute Gasteiger partial charge is 0.350 e. The van der Waals surface area contributed by atoms with Gasteiger partial charge in [0, 0.05) is 18.1 Å². The van der Waals surface area contributed by atoms with Crippen molar-refractivity contribution in [2.45, 2.75) is 45.8 Å². The van der Waals surface area contributed by atoms with E-state index in [2.05, 4.69) is 20.8 Å². The molecule has 30 heavy (non-hydrogen) atoms. The van der Waals surface area contributed by atoms with Crippen LogP contribution in [0.5, 0.6) is 0 Å². The number of tetrazole rings is 1. The number of benzene rings is 1. The molecule has 0 fully saturated rings. The minimum absolute atomic E-state index is 0.0841. The van der Waals surface area contributed by atoms with Crippen molar-refractivity contribution in [2.75, 3.05) is 6.54 Å². The molecule has 1 aromatic heterocycles. The molecule has 3 N–H and O–H groups in total. The van der Waals surface area contributed by atoms with Gasteiger partial charge in [0.2, 0.25) is 11.8 Å². The number of hydrogen-bond acceptors (Lipinski definition) is 6. The average Bonchev–Trinajstić information content (AvgIpc) is 3.36. The molecule has 0 aliphatic carbocycles. The van der Waals surface area contributed by atoms with E-state index in [4.69, 9.17) is 17.3 Å². The molecule has 0 saturated carbocycles. The lowest BCUT2D eigenvalue weighted by Gasteiger charge is -2.29. The Morgan fingerprint density at radius 3 is 2.80 bits per heavy atom. The number of nitrogens with zero attached hydrogens (tertiary/aromatic N) is 5. The summed E-state index contributed by atoms with van der Waals surface area (Å²) in [7, 11) is 0. The summed E-state index contributed by atoms with van der Waals surface area (Å²) in [6.07, 6.45) is 5.52. The standard InChI is InChI=1S/C20H26ClN7O2/c1-20(2,3)10-15(22)19(30)27-8-4-5-17(27)18(29)23-11-13-9-14(21)6-7-16(13)28-12-24-25-26-28/h4-7,9,12,15,17H,8,10-11,22H2,1-3H3,(H,23,29)/t15-,17?/m1/s1. The molecular formula is C20H26ClN7O2. The van der Waals surface area contributed by atoms with E-state index in [1.807, 2.05) is 20.8 Å². The van der Waals surface area contributed by atoms with E-state index >= 15 is 0 Å². The Morgan fingerprint density at radius 1 is 1.37 bits per heavy atom. The molecule has 2 heterocycles. The predicted octanol–water partition coefficient (Wildman–Crippen LogP) is 1.46. The summed E-state index contributed by atoms with van der Waals surface area (Å²) in [5.74, 6) is -0.519. The molecule has 1 aromatic carbocycles. The van der Waals surface area contributed by atoms with Gasteiger partial charge in [-0.15, -0.1) is 5.10 Å². The highest BCUT2D eigenvalue weighted by molar-refractivity contribution is 6.30. The SMILES string of the molecule is CC(C)(C)C[C@@H](N)C(=O)N1CC=CC1C(=O)NCc1cc(Cl)ccc1-n1cnnn1. The van der Waals surface area contributed by atoms with Crippen molar-refractivity contribution in [3.63, 3.8) is 0 Å². The van der Waals surface area contributed by atoms with Crippen molar-refractivity contribution in [3.05, 3.63) is 47.3 Å². The van der Waals surface area contributed by atoms with Gasteiger partial charge in [-0.1, -0.05) is 44.5 Å². The number of nitrogens with one attached hydrogen (secondary N) is 1. The van der Waals surface area contributed by atoms with Gasteiger partial charge in [0.05, 0.1) is 11.7 Å². The molecule has 2 atom stereocenters. The average molecular weight is 432 g/mol. The lowest BCUT2D eigenvalue weighted by Crippen LogP contribution is -2.52. The second-order valence-electron chi connectivity index (χ2n) is 8.48. The number of halogens is 1. The number of rotatable bonds is 6. The Hall–Kier alpha value is -2.78. The van der Waals surface area contributed by atoms with E-state index < -0.39 is 12.1 Å². The molecule has 0 spiro atoms. The van der Waals surface area contributed by atoms with Crippen LogP contribution < -0.4 is 11.1 Å². The highest BCUT2D eigenvalue weighted by atomic mass is 35.5. The highest BCUT2D eigenvalue weighted by Crippen LogP contribution is 2.23. The molecule has 1 aliphatic heterocycles. The molecular weight excluding hydrogens is 406 g/mol. The normalized spacial score (nSPS) is 17.2. The summed E-state index contributed by atoms with van der Waals surface area (Å²) in [6.45, 7) is 6.65. The van der Waals surface area contributed by atoms with E-state index in [-0.39, 0.29) is 23.8 Å². The Labute approximate surface area is 180 Å². The Balaban J connectivity index is 1.68. The maximum absolute atomic E-state index is 12.8. The van der Waals surface area contributed by atoms with Gasteiger partial charge in [0.25, 0.3) is 0 Å². The van der Waals surface area contributed by atoms with Crippen LogP contribution in [0, 0.1) is 5.41 Å². The molecule has 0 bridgehead atoms. The first-order valence-corrected chi connectivity index (χ1v) is 10.1. The van der Waals surface area contributed by atoms with E-state index in [1.54, 1.807) is 30.4 Å². The topological polar surface area (TPSA) is 119 Å². The second-order valence-corrected chi connectivity index (χ2v) is 8.92. The molecule has 0 saturated heterocycles. The van der Waals surface area contributed by atoms with Crippen LogP contribution in [0.2, 0.25) is 5.02 Å². The molecule has 2 aromatic rings. The number of amides is 2. The zero-order valence-corrected chi connectivity index (χ0v) is 18.0. The van der Waals surface area contributed by atoms with E-state index in [0.29, 0.717) is 23.7 Å². The Bertz CT molecular complexity index is 937. The van der Waals surface area contributed by atoms with Gasteiger partial charge in [-0.05, 0) is 46.0 Å². The van der Waals surface area contributed by atoms with Gasteiger partial charge in [0.15, 0.2) is 0 Å². The first-order chi connectivity index (χ1) is 14.2. The van der Waals surface area contributed by atoms with Gasteiger partial charge >= 0.3 is 0 Å². The summed E-state index contributed by atoms with van der Waals surface area (Å²) >= 11 is 6.12. The van der Waals surface area contributed by atoms with Crippen LogP contribution in [0.1, 0.15) is 32.8 Å². The second kappa shape index (κ2) is 8.93. The maximum Gasteiger partial charge on any atom is 0.247 e. The van der Waals surface area contributed by atoms with E-state index in [1.165, 1.54) is 15.9 Å². The lowest BCUT2D eigenvalue weighted by molar-refractivity contribution is -0.139. The summed E-state index contributed by atoms with van der Waals surface area (Å²) < 4.78 is 1.49. The first-order valence-electron chi connectivity index (χ1n) is 9.68. The fourth-order valence-corrected chi connectivity index (χ4v) is 3.61. The Kier molecular flexibility index (Phi) is 6.52. The smallest absolute Gasteiger partial charge is 0.247 e. The third-order valence-electron chi connectivity index (χ3n) is 4.75. The van der Waals surface area contributed by atoms with Crippen molar-refractivity contribution >= 4 is 23.4 Å². The summed E-state index contributed by atoms with van der Waals surface area (Å²) in [5.41, 5.74) is 7.47. The third-order valence-corrected chi connectivity index (χ3v) is 4.98. The molecule has 10 heteroatoms. The number of carbonyl (C=O) groups is 2. The number of aromatic nitrogens is 4. The van der Waals surface area contributed by atoms with Crippen LogP contribution in [0.25, 0.3) is 5.69 Å². The van der Waals surface area contributed by atoms with Crippen LogP contribution in [-0.4, -0.2) is 55.5 Å². The molecule has 3 rings (SSSR count). The molecule has 9 nitrogen and oxygen atoms in total. The van der Waals surface area contributed by atoms with Gasteiger partial charge in [0.1, 0.15) is 12.4 Å². The van der Waals surface area contributed by atoms with Crippen LogP contribution in [0.3, 0.4) is 0 Å². The van der Waals surface area contributed by atoms with Crippen LogP contribution >= 0.6 is 11.6 Å². The Morgan fingerprint density at radius 2 is 2.13 bits per heavy atom. The van der Waals surface area contributed by atoms with Gasteiger partial charge < -0.3 is 16.0 Å². The van der Waals surface area contributed by atoms with Crippen molar-refractivity contribution < 1.29 is 9.59 Å². The fraction of sp³-hybridized carbons (Fsp3) is 0.450. The van der Waals surface area contributed by atoms with E-state index in [0.717, 1.165) is 5.56 Å². The summed E-state index contributed by atoms with van der Waals surface area (Å²) in [6, 6.07) is 3.89. The van der Waals surface area contributed by atoms with Gasteiger partial charge in [-0.3, -0.25) is 9.59 Å².